The van der Waals surface area contributed by atoms with Gasteiger partial charge in [0, 0.05) is 25.8 Å². The molecule has 1 aromatic carbocycles. The Balaban J connectivity index is 2.74. The summed E-state index contributed by atoms with van der Waals surface area (Å²) in [5.74, 6) is 1.70. The van der Waals surface area contributed by atoms with E-state index in [9.17, 15) is 0 Å². The van der Waals surface area contributed by atoms with Gasteiger partial charge in [0.25, 0.3) is 0 Å². The summed E-state index contributed by atoms with van der Waals surface area (Å²) in [5.41, 5.74) is 2.28. The molecule has 1 aromatic rings. The van der Waals surface area contributed by atoms with Crippen LogP contribution in [0.25, 0.3) is 0 Å². The standard InChI is InChI=1S/C16H27N3O2/c1-5-17-16(18-9-10-20-4)19-12-14-8-7-13(3)11-15(14)21-6-2/h7-8,11H,5-6,9-10,12H2,1-4H3,(H2,17,18,19). The van der Waals surface area contributed by atoms with E-state index < -0.39 is 0 Å². The zero-order valence-electron chi connectivity index (χ0n) is 13.5. The highest BCUT2D eigenvalue weighted by molar-refractivity contribution is 5.79. The number of aliphatic imine (C=N–C) groups is 1. The molecule has 2 N–H and O–H groups in total. The Kier molecular flexibility index (Phi) is 8.28. The minimum Gasteiger partial charge on any atom is -0.494 e. The molecular weight excluding hydrogens is 266 g/mol. The first kappa shape index (κ1) is 17.3. The lowest BCUT2D eigenvalue weighted by Gasteiger charge is -2.12. The number of ether oxygens (including phenoxy) is 2. The molecule has 0 fully saturated rings. The summed E-state index contributed by atoms with van der Waals surface area (Å²) >= 11 is 0. The predicted molar refractivity (Wildman–Crippen MR) is 87.0 cm³/mol. The molecule has 118 valence electrons. The molecule has 0 saturated carbocycles. The van der Waals surface area contributed by atoms with Crippen LogP contribution in [0.2, 0.25) is 0 Å². The van der Waals surface area contributed by atoms with Crippen LogP contribution in [0.4, 0.5) is 0 Å². The van der Waals surface area contributed by atoms with E-state index in [1.54, 1.807) is 7.11 Å². The van der Waals surface area contributed by atoms with Gasteiger partial charge in [-0.1, -0.05) is 12.1 Å². The highest BCUT2D eigenvalue weighted by Crippen LogP contribution is 2.21. The Morgan fingerprint density at radius 1 is 1.24 bits per heavy atom. The highest BCUT2D eigenvalue weighted by Gasteiger charge is 2.04. The van der Waals surface area contributed by atoms with Crippen molar-refractivity contribution < 1.29 is 9.47 Å². The fourth-order valence-corrected chi connectivity index (χ4v) is 1.86. The van der Waals surface area contributed by atoms with Crippen molar-refractivity contribution in [3.8, 4) is 5.75 Å². The van der Waals surface area contributed by atoms with Gasteiger partial charge in [-0.15, -0.1) is 0 Å². The Labute approximate surface area is 127 Å². The zero-order chi connectivity index (χ0) is 15.5. The number of hydrogen-bond acceptors (Lipinski definition) is 3. The minimum absolute atomic E-state index is 0.581. The second-order valence-corrected chi connectivity index (χ2v) is 4.66. The van der Waals surface area contributed by atoms with E-state index in [0.29, 0.717) is 19.8 Å². The summed E-state index contributed by atoms with van der Waals surface area (Å²) < 4.78 is 10.7. The van der Waals surface area contributed by atoms with Crippen molar-refractivity contribution in [1.29, 1.82) is 0 Å². The number of nitrogens with one attached hydrogen (secondary N) is 2. The number of aryl methyl sites for hydroxylation is 1. The van der Waals surface area contributed by atoms with Gasteiger partial charge >= 0.3 is 0 Å². The molecular formula is C16H27N3O2. The third kappa shape index (κ3) is 6.49. The third-order valence-electron chi connectivity index (χ3n) is 2.87. The molecule has 21 heavy (non-hydrogen) atoms. The summed E-state index contributed by atoms with van der Waals surface area (Å²) in [4.78, 5) is 4.59. The average Bonchev–Trinajstić information content (AvgIpc) is 2.47. The topological polar surface area (TPSA) is 54.9 Å². The molecule has 5 heteroatoms. The summed E-state index contributed by atoms with van der Waals surface area (Å²) in [5, 5.41) is 6.44. The van der Waals surface area contributed by atoms with Crippen molar-refractivity contribution >= 4 is 5.96 Å². The van der Waals surface area contributed by atoms with Gasteiger partial charge in [0.05, 0.1) is 19.8 Å². The highest BCUT2D eigenvalue weighted by atomic mass is 16.5. The molecule has 5 nitrogen and oxygen atoms in total. The Morgan fingerprint density at radius 3 is 2.71 bits per heavy atom. The maximum Gasteiger partial charge on any atom is 0.191 e. The minimum atomic E-state index is 0.581. The number of hydrogen-bond donors (Lipinski definition) is 2. The van der Waals surface area contributed by atoms with Gasteiger partial charge < -0.3 is 20.1 Å². The van der Waals surface area contributed by atoms with E-state index in [2.05, 4.69) is 40.7 Å². The van der Waals surface area contributed by atoms with E-state index >= 15 is 0 Å². The molecule has 0 aliphatic rings. The molecule has 0 bridgehead atoms. The SMILES string of the molecule is CCNC(=NCc1ccc(C)cc1OCC)NCCOC. The van der Waals surface area contributed by atoms with Crippen molar-refractivity contribution in [1.82, 2.24) is 10.6 Å². The van der Waals surface area contributed by atoms with E-state index in [1.807, 2.05) is 13.8 Å². The zero-order valence-corrected chi connectivity index (χ0v) is 13.5. The van der Waals surface area contributed by atoms with Crippen LogP contribution < -0.4 is 15.4 Å². The van der Waals surface area contributed by atoms with Crippen LogP contribution in [0.1, 0.15) is 25.0 Å². The third-order valence-corrected chi connectivity index (χ3v) is 2.87. The molecule has 0 unspecified atom stereocenters. The van der Waals surface area contributed by atoms with Crippen molar-refractivity contribution in [2.75, 3.05) is 33.4 Å². The van der Waals surface area contributed by atoms with Crippen molar-refractivity contribution in [2.24, 2.45) is 4.99 Å². The quantitative estimate of drug-likeness (QED) is 0.438. The molecule has 0 aliphatic carbocycles. The molecule has 0 aromatic heterocycles. The summed E-state index contributed by atoms with van der Waals surface area (Å²) in [7, 11) is 1.69. The molecule has 0 spiro atoms. The van der Waals surface area contributed by atoms with Gasteiger partial charge in [0.1, 0.15) is 5.75 Å². The molecule has 0 amide bonds. The van der Waals surface area contributed by atoms with Gasteiger partial charge in [-0.3, -0.25) is 0 Å². The van der Waals surface area contributed by atoms with Crippen LogP contribution in [0.3, 0.4) is 0 Å². The first-order valence-electron chi connectivity index (χ1n) is 7.44. The second-order valence-electron chi connectivity index (χ2n) is 4.66. The summed E-state index contributed by atoms with van der Waals surface area (Å²) in [6.07, 6.45) is 0. The average molecular weight is 293 g/mol. The van der Waals surface area contributed by atoms with E-state index in [4.69, 9.17) is 9.47 Å². The van der Waals surface area contributed by atoms with Crippen LogP contribution in [-0.2, 0) is 11.3 Å². The predicted octanol–water partition coefficient (Wildman–Crippen LogP) is 2.10. The van der Waals surface area contributed by atoms with Crippen LogP contribution >= 0.6 is 0 Å². The fraction of sp³-hybridized carbons (Fsp3) is 0.562. The van der Waals surface area contributed by atoms with Crippen LogP contribution in [0, 0.1) is 6.92 Å². The number of rotatable bonds is 8. The van der Waals surface area contributed by atoms with Crippen molar-refractivity contribution in [2.45, 2.75) is 27.3 Å². The van der Waals surface area contributed by atoms with Gasteiger partial charge in [0.15, 0.2) is 5.96 Å². The van der Waals surface area contributed by atoms with Crippen LogP contribution in [0.15, 0.2) is 23.2 Å². The monoisotopic (exact) mass is 293 g/mol. The Morgan fingerprint density at radius 2 is 2.05 bits per heavy atom. The fourth-order valence-electron chi connectivity index (χ4n) is 1.86. The Bertz CT molecular complexity index is 447. The molecule has 0 atom stereocenters. The van der Waals surface area contributed by atoms with E-state index in [0.717, 1.165) is 30.4 Å². The van der Waals surface area contributed by atoms with E-state index in [-0.39, 0.29) is 0 Å². The number of nitrogens with zero attached hydrogens (tertiary/aromatic N) is 1. The molecule has 0 saturated heterocycles. The van der Waals surface area contributed by atoms with Gasteiger partial charge in [-0.05, 0) is 32.4 Å². The lowest BCUT2D eigenvalue weighted by molar-refractivity contribution is 0.203. The second kappa shape index (κ2) is 10.0. The lowest BCUT2D eigenvalue weighted by atomic mass is 10.1. The molecule has 1 rings (SSSR count). The Hall–Kier alpha value is -1.75. The molecule has 0 aliphatic heterocycles. The smallest absolute Gasteiger partial charge is 0.191 e. The van der Waals surface area contributed by atoms with Crippen LogP contribution in [-0.4, -0.2) is 39.4 Å². The van der Waals surface area contributed by atoms with Gasteiger partial charge in [-0.2, -0.15) is 0 Å². The number of guanidine groups is 1. The number of benzene rings is 1. The normalized spacial score (nSPS) is 11.3. The summed E-state index contributed by atoms with van der Waals surface area (Å²) in [6.45, 7) is 9.55. The van der Waals surface area contributed by atoms with Gasteiger partial charge in [0.2, 0.25) is 0 Å². The first-order chi connectivity index (χ1) is 10.2. The molecule has 0 heterocycles. The van der Waals surface area contributed by atoms with Crippen LogP contribution in [0.5, 0.6) is 5.75 Å². The maximum atomic E-state index is 5.68. The first-order valence-corrected chi connectivity index (χ1v) is 7.44. The van der Waals surface area contributed by atoms with Crippen molar-refractivity contribution in [3.63, 3.8) is 0 Å². The maximum absolute atomic E-state index is 5.68. The summed E-state index contributed by atoms with van der Waals surface area (Å²) in [6, 6.07) is 6.21. The largest absolute Gasteiger partial charge is 0.494 e. The number of methoxy groups -OCH3 is 1. The van der Waals surface area contributed by atoms with Crippen molar-refractivity contribution in [3.05, 3.63) is 29.3 Å². The lowest BCUT2D eigenvalue weighted by Crippen LogP contribution is -2.38. The van der Waals surface area contributed by atoms with Gasteiger partial charge in [-0.25, -0.2) is 4.99 Å². The van der Waals surface area contributed by atoms with E-state index in [1.165, 1.54) is 5.56 Å². The molecule has 0 radical (unpaired) electrons.